The van der Waals surface area contributed by atoms with Gasteiger partial charge >= 0.3 is 0 Å². The van der Waals surface area contributed by atoms with Gasteiger partial charge < -0.3 is 19.7 Å². The highest BCUT2D eigenvalue weighted by molar-refractivity contribution is 9.10. The van der Waals surface area contributed by atoms with E-state index in [0.717, 1.165) is 35.6 Å². The number of benzene rings is 1. The molecule has 0 aromatic heterocycles. The van der Waals surface area contributed by atoms with Crippen LogP contribution in [0.4, 0.5) is 0 Å². The van der Waals surface area contributed by atoms with Gasteiger partial charge in [-0.2, -0.15) is 0 Å². The summed E-state index contributed by atoms with van der Waals surface area (Å²) in [5.41, 5.74) is 1.20. The molecule has 0 saturated carbocycles. The summed E-state index contributed by atoms with van der Waals surface area (Å²) in [7, 11) is 2.15. The second-order valence-corrected chi connectivity index (χ2v) is 6.21. The molecule has 112 valence electrons. The van der Waals surface area contributed by atoms with Gasteiger partial charge in [0.1, 0.15) is 13.2 Å². The van der Waals surface area contributed by atoms with Crippen LogP contribution in [0.5, 0.6) is 11.5 Å². The van der Waals surface area contributed by atoms with E-state index in [-0.39, 0.29) is 0 Å². The molecule has 1 aromatic rings. The van der Waals surface area contributed by atoms with Crippen LogP contribution in [0.25, 0.3) is 0 Å². The zero-order valence-electron chi connectivity index (χ0n) is 12.4. The molecule has 0 fully saturated rings. The van der Waals surface area contributed by atoms with Crippen molar-refractivity contribution < 1.29 is 9.47 Å². The Bertz CT molecular complexity index is 452. The van der Waals surface area contributed by atoms with Crippen molar-refractivity contribution in [3.8, 4) is 11.5 Å². The van der Waals surface area contributed by atoms with E-state index in [1.807, 2.05) is 0 Å². The lowest BCUT2D eigenvalue weighted by molar-refractivity contribution is 0.170. The minimum absolute atomic E-state index is 0.584. The summed E-state index contributed by atoms with van der Waals surface area (Å²) < 4.78 is 12.2. The number of hydrogen-bond donors (Lipinski definition) is 1. The molecule has 0 amide bonds. The minimum atomic E-state index is 0.584. The standard InChI is InChI=1S/C15H23BrN2O2/c1-11(2)18(3)5-4-17-10-12-8-13(16)15-14(9-12)19-6-7-20-15/h8-9,11,17H,4-7,10H2,1-3H3. The van der Waals surface area contributed by atoms with Crippen molar-refractivity contribution in [1.82, 2.24) is 10.2 Å². The maximum atomic E-state index is 5.63. The van der Waals surface area contributed by atoms with E-state index >= 15 is 0 Å². The Morgan fingerprint density at radius 1 is 1.30 bits per heavy atom. The molecule has 0 aliphatic carbocycles. The normalized spacial score (nSPS) is 14.1. The van der Waals surface area contributed by atoms with E-state index < -0.39 is 0 Å². The van der Waals surface area contributed by atoms with E-state index in [0.29, 0.717) is 19.3 Å². The number of fused-ring (bicyclic) bond motifs is 1. The fourth-order valence-corrected chi connectivity index (χ4v) is 2.62. The quantitative estimate of drug-likeness (QED) is 0.806. The van der Waals surface area contributed by atoms with Crippen molar-refractivity contribution in [2.45, 2.75) is 26.4 Å². The Kier molecular flexibility index (Phi) is 5.69. The number of hydrogen-bond acceptors (Lipinski definition) is 4. The maximum Gasteiger partial charge on any atom is 0.175 e. The van der Waals surface area contributed by atoms with Gasteiger partial charge in [-0.1, -0.05) is 0 Å². The number of nitrogens with zero attached hydrogens (tertiary/aromatic N) is 1. The molecule has 0 atom stereocenters. The fourth-order valence-electron chi connectivity index (χ4n) is 2.01. The van der Waals surface area contributed by atoms with Crippen molar-refractivity contribution >= 4 is 15.9 Å². The number of halogens is 1. The molecule has 0 spiro atoms. The molecule has 0 unspecified atom stereocenters. The van der Waals surface area contributed by atoms with E-state index in [2.05, 4.69) is 59.2 Å². The number of ether oxygens (including phenoxy) is 2. The summed E-state index contributed by atoms with van der Waals surface area (Å²) in [6.45, 7) is 8.50. The lowest BCUT2D eigenvalue weighted by Crippen LogP contribution is -2.33. The second-order valence-electron chi connectivity index (χ2n) is 5.35. The lowest BCUT2D eigenvalue weighted by Gasteiger charge is -2.22. The topological polar surface area (TPSA) is 33.7 Å². The predicted molar refractivity (Wildman–Crippen MR) is 84.6 cm³/mol. The predicted octanol–water partition coefficient (Wildman–Crippen LogP) is 2.65. The molecule has 2 rings (SSSR count). The molecule has 1 aliphatic rings. The van der Waals surface area contributed by atoms with Gasteiger partial charge in [0.15, 0.2) is 11.5 Å². The number of nitrogens with one attached hydrogen (secondary N) is 1. The highest BCUT2D eigenvalue weighted by Gasteiger charge is 2.16. The van der Waals surface area contributed by atoms with Crippen LogP contribution < -0.4 is 14.8 Å². The molecule has 1 heterocycles. The average Bonchev–Trinajstić information content (AvgIpc) is 2.43. The maximum absolute atomic E-state index is 5.63. The van der Waals surface area contributed by atoms with E-state index in [4.69, 9.17) is 9.47 Å². The Hall–Kier alpha value is -0.780. The molecule has 1 aromatic carbocycles. The van der Waals surface area contributed by atoms with Crippen LogP contribution in [0.3, 0.4) is 0 Å². The summed E-state index contributed by atoms with van der Waals surface area (Å²) in [5.74, 6) is 1.65. The second kappa shape index (κ2) is 7.29. The molecule has 20 heavy (non-hydrogen) atoms. The van der Waals surface area contributed by atoms with E-state index in [9.17, 15) is 0 Å². The summed E-state index contributed by atoms with van der Waals surface area (Å²) in [4.78, 5) is 2.33. The molecule has 0 radical (unpaired) electrons. The smallest absolute Gasteiger partial charge is 0.175 e. The van der Waals surface area contributed by atoms with Gasteiger partial charge in [-0.3, -0.25) is 0 Å². The van der Waals surface area contributed by atoms with Crippen LogP contribution in [0.2, 0.25) is 0 Å². The largest absolute Gasteiger partial charge is 0.486 e. The molecule has 1 N–H and O–H groups in total. The average molecular weight is 343 g/mol. The van der Waals surface area contributed by atoms with Crippen molar-refractivity contribution in [1.29, 1.82) is 0 Å². The van der Waals surface area contributed by atoms with Gasteiger partial charge in [0.25, 0.3) is 0 Å². The molecule has 1 aliphatic heterocycles. The monoisotopic (exact) mass is 342 g/mol. The Morgan fingerprint density at radius 3 is 2.80 bits per heavy atom. The molecule has 5 heteroatoms. The molecule has 0 saturated heterocycles. The first-order chi connectivity index (χ1) is 9.58. The summed E-state index contributed by atoms with van der Waals surface area (Å²) >= 11 is 3.54. The summed E-state index contributed by atoms with van der Waals surface area (Å²) in [6, 6.07) is 4.73. The van der Waals surface area contributed by atoms with Crippen molar-refractivity contribution in [3.05, 3.63) is 22.2 Å². The van der Waals surface area contributed by atoms with Crippen molar-refractivity contribution in [2.24, 2.45) is 0 Å². The van der Waals surface area contributed by atoms with Gasteiger partial charge in [0, 0.05) is 25.7 Å². The number of likely N-dealkylation sites (N-methyl/N-ethyl adjacent to an activating group) is 1. The van der Waals surface area contributed by atoms with E-state index in [1.54, 1.807) is 0 Å². The zero-order valence-corrected chi connectivity index (χ0v) is 14.0. The third-order valence-corrected chi connectivity index (χ3v) is 4.10. The van der Waals surface area contributed by atoms with Crippen LogP contribution in [0.15, 0.2) is 16.6 Å². The first-order valence-electron chi connectivity index (χ1n) is 7.07. The van der Waals surface area contributed by atoms with Crippen molar-refractivity contribution in [2.75, 3.05) is 33.4 Å². The Balaban J connectivity index is 1.86. The highest BCUT2D eigenvalue weighted by atomic mass is 79.9. The number of rotatable bonds is 6. The zero-order chi connectivity index (χ0) is 14.5. The fraction of sp³-hybridized carbons (Fsp3) is 0.600. The first kappa shape index (κ1) is 15.6. The Labute approximate surface area is 129 Å². The van der Waals surface area contributed by atoms with Gasteiger partial charge in [-0.05, 0) is 54.5 Å². The van der Waals surface area contributed by atoms with Gasteiger partial charge in [-0.25, -0.2) is 0 Å². The minimum Gasteiger partial charge on any atom is -0.486 e. The molecular weight excluding hydrogens is 320 g/mol. The third-order valence-electron chi connectivity index (χ3n) is 3.51. The summed E-state index contributed by atoms with van der Waals surface area (Å²) in [5, 5.41) is 3.46. The van der Waals surface area contributed by atoms with Crippen LogP contribution in [0, 0.1) is 0 Å². The molecule has 0 bridgehead atoms. The van der Waals surface area contributed by atoms with Gasteiger partial charge in [0.05, 0.1) is 4.47 Å². The third kappa shape index (κ3) is 4.11. The lowest BCUT2D eigenvalue weighted by atomic mass is 10.2. The van der Waals surface area contributed by atoms with Crippen LogP contribution >= 0.6 is 15.9 Å². The SMILES string of the molecule is CC(C)N(C)CCNCc1cc(Br)c2c(c1)OCCO2. The molecular formula is C15H23BrN2O2. The Morgan fingerprint density at radius 2 is 2.05 bits per heavy atom. The van der Waals surface area contributed by atoms with Gasteiger partial charge in [0.2, 0.25) is 0 Å². The van der Waals surface area contributed by atoms with Crippen LogP contribution in [-0.4, -0.2) is 44.3 Å². The van der Waals surface area contributed by atoms with Crippen LogP contribution in [-0.2, 0) is 6.54 Å². The van der Waals surface area contributed by atoms with Gasteiger partial charge in [-0.15, -0.1) is 0 Å². The highest BCUT2D eigenvalue weighted by Crippen LogP contribution is 2.38. The summed E-state index contributed by atoms with van der Waals surface area (Å²) in [6.07, 6.45) is 0. The van der Waals surface area contributed by atoms with Crippen molar-refractivity contribution in [3.63, 3.8) is 0 Å². The first-order valence-corrected chi connectivity index (χ1v) is 7.86. The van der Waals surface area contributed by atoms with E-state index in [1.165, 1.54) is 5.56 Å². The molecule has 4 nitrogen and oxygen atoms in total. The van der Waals surface area contributed by atoms with Crippen LogP contribution in [0.1, 0.15) is 19.4 Å².